The molecule has 1 amide bonds. The van der Waals surface area contributed by atoms with E-state index in [2.05, 4.69) is 23.2 Å². The highest BCUT2D eigenvalue weighted by Crippen LogP contribution is 2.28. The maximum absolute atomic E-state index is 12.7. The number of amides is 1. The number of fused-ring (bicyclic) bond motifs is 1. The van der Waals surface area contributed by atoms with Gasteiger partial charge in [-0.05, 0) is 46.2 Å². The number of ether oxygens (including phenoxy) is 2. The van der Waals surface area contributed by atoms with Gasteiger partial charge in [0.15, 0.2) is 0 Å². The van der Waals surface area contributed by atoms with Crippen LogP contribution in [0.5, 0.6) is 5.75 Å². The minimum Gasteiger partial charge on any atom is -0.497 e. The van der Waals surface area contributed by atoms with Crippen LogP contribution in [0.2, 0.25) is 0 Å². The molecule has 4 rings (SSSR count). The molecule has 5 heteroatoms. The minimum atomic E-state index is -0.108. The van der Waals surface area contributed by atoms with Crippen LogP contribution in [-0.2, 0) is 16.0 Å². The second-order valence-corrected chi connectivity index (χ2v) is 6.71. The molecule has 0 unspecified atom stereocenters. The van der Waals surface area contributed by atoms with Crippen LogP contribution in [0.4, 0.5) is 0 Å². The SMILES string of the molecule is COc1ccc2cc([C@H]3CN(C(=O)Cc4cccnc4)CCO3)ccc2c1. The summed E-state index contributed by atoms with van der Waals surface area (Å²) >= 11 is 0. The zero-order valence-electron chi connectivity index (χ0n) is 15.3. The van der Waals surface area contributed by atoms with Crippen LogP contribution in [-0.4, -0.2) is 42.6 Å². The van der Waals surface area contributed by atoms with Crippen LogP contribution >= 0.6 is 0 Å². The van der Waals surface area contributed by atoms with Crippen LogP contribution in [0.3, 0.4) is 0 Å². The Morgan fingerprint density at radius 3 is 2.89 bits per heavy atom. The second-order valence-electron chi connectivity index (χ2n) is 6.71. The largest absolute Gasteiger partial charge is 0.497 e. The van der Waals surface area contributed by atoms with E-state index in [-0.39, 0.29) is 12.0 Å². The molecule has 2 aromatic carbocycles. The molecule has 27 heavy (non-hydrogen) atoms. The van der Waals surface area contributed by atoms with Gasteiger partial charge in [0.25, 0.3) is 0 Å². The third-order valence-electron chi connectivity index (χ3n) is 4.94. The number of nitrogens with zero attached hydrogens (tertiary/aromatic N) is 2. The Hall–Kier alpha value is -2.92. The first kappa shape index (κ1) is 17.5. The van der Waals surface area contributed by atoms with E-state index in [1.165, 1.54) is 0 Å². The fourth-order valence-corrected chi connectivity index (χ4v) is 3.44. The third kappa shape index (κ3) is 3.93. The van der Waals surface area contributed by atoms with Gasteiger partial charge in [0, 0.05) is 18.9 Å². The molecule has 0 aliphatic carbocycles. The van der Waals surface area contributed by atoms with Gasteiger partial charge in [-0.2, -0.15) is 0 Å². The standard InChI is InChI=1S/C22H22N2O3/c1-26-20-7-6-17-12-19(5-4-18(17)13-20)21-15-24(9-10-27-21)22(25)11-16-3-2-8-23-14-16/h2-8,12-14,21H,9-11,15H2,1H3/t21-/m1/s1. The monoisotopic (exact) mass is 362 g/mol. The molecule has 0 radical (unpaired) electrons. The van der Waals surface area contributed by atoms with E-state index in [9.17, 15) is 4.79 Å². The summed E-state index contributed by atoms with van der Waals surface area (Å²) in [6, 6.07) is 16.1. The maximum Gasteiger partial charge on any atom is 0.227 e. The van der Waals surface area contributed by atoms with E-state index in [1.54, 1.807) is 19.5 Å². The molecule has 138 valence electrons. The lowest BCUT2D eigenvalue weighted by atomic mass is 10.0. The summed E-state index contributed by atoms with van der Waals surface area (Å²) in [7, 11) is 1.67. The number of benzene rings is 2. The molecule has 1 atom stereocenters. The summed E-state index contributed by atoms with van der Waals surface area (Å²) in [5.41, 5.74) is 2.02. The van der Waals surface area contributed by atoms with E-state index in [1.807, 2.05) is 35.2 Å². The van der Waals surface area contributed by atoms with Gasteiger partial charge in [0.05, 0.1) is 26.7 Å². The third-order valence-corrected chi connectivity index (χ3v) is 4.94. The first-order valence-corrected chi connectivity index (χ1v) is 9.09. The highest BCUT2D eigenvalue weighted by Gasteiger charge is 2.25. The zero-order valence-corrected chi connectivity index (χ0v) is 15.3. The van der Waals surface area contributed by atoms with E-state index in [0.717, 1.165) is 27.6 Å². The van der Waals surface area contributed by atoms with Crippen molar-refractivity contribution in [2.24, 2.45) is 0 Å². The summed E-state index contributed by atoms with van der Waals surface area (Å²) in [5, 5.41) is 2.26. The van der Waals surface area contributed by atoms with Crippen molar-refractivity contribution in [1.29, 1.82) is 0 Å². The summed E-state index contributed by atoms with van der Waals surface area (Å²) in [5.74, 6) is 0.957. The summed E-state index contributed by atoms with van der Waals surface area (Å²) in [6.45, 7) is 1.74. The molecule has 1 aromatic heterocycles. The summed E-state index contributed by atoms with van der Waals surface area (Å²) in [4.78, 5) is 18.6. The molecule has 1 aliphatic rings. The predicted octanol–water partition coefficient (Wildman–Crippen LogP) is 3.39. The molecule has 0 bridgehead atoms. The Morgan fingerprint density at radius 2 is 2.07 bits per heavy atom. The molecule has 3 aromatic rings. The number of rotatable bonds is 4. The number of hydrogen-bond donors (Lipinski definition) is 0. The molecule has 0 spiro atoms. The van der Waals surface area contributed by atoms with Gasteiger partial charge in [-0.1, -0.05) is 24.3 Å². The number of pyridine rings is 1. The van der Waals surface area contributed by atoms with Gasteiger partial charge in [-0.25, -0.2) is 0 Å². The lowest BCUT2D eigenvalue weighted by Gasteiger charge is -2.33. The van der Waals surface area contributed by atoms with Crippen molar-refractivity contribution in [3.8, 4) is 5.75 Å². The first-order valence-electron chi connectivity index (χ1n) is 9.09. The van der Waals surface area contributed by atoms with Crippen LogP contribution in [0.1, 0.15) is 17.2 Å². The van der Waals surface area contributed by atoms with Crippen LogP contribution < -0.4 is 4.74 Å². The van der Waals surface area contributed by atoms with E-state index >= 15 is 0 Å². The molecule has 0 saturated carbocycles. The quantitative estimate of drug-likeness (QED) is 0.714. The van der Waals surface area contributed by atoms with Gasteiger partial charge in [0.2, 0.25) is 5.91 Å². The molecule has 1 saturated heterocycles. The summed E-state index contributed by atoms with van der Waals surface area (Å²) < 4.78 is 11.2. The topological polar surface area (TPSA) is 51.7 Å². The van der Waals surface area contributed by atoms with E-state index in [0.29, 0.717) is 26.1 Å². The Labute approximate surface area is 158 Å². The number of carbonyl (C=O) groups excluding carboxylic acids is 1. The lowest BCUT2D eigenvalue weighted by Crippen LogP contribution is -2.43. The second kappa shape index (κ2) is 7.76. The molecule has 2 heterocycles. The molecular formula is C22H22N2O3. The van der Waals surface area contributed by atoms with Crippen LogP contribution in [0.15, 0.2) is 60.9 Å². The summed E-state index contributed by atoms with van der Waals surface area (Å²) in [6.07, 6.45) is 3.72. The van der Waals surface area contributed by atoms with E-state index < -0.39 is 0 Å². The first-order chi connectivity index (χ1) is 13.2. The highest BCUT2D eigenvalue weighted by atomic mass is 16.5. The van der Waals surface area contributed by atoms with Gasteiger partial charge < -0.3 is 14.4 Å². The van der Waals surface area contributed by atoms with Crippen LogP contribution in [0, 0.1) is 0 Å². The fourth-order valence-electron chi connectivity index (χ4n) is 3.44. The normalized spacial score (nSPS) is 17.1. The highest BCUT2D eigenvalue weighted by molar-refractivity contribution is 5.84. The fraction of sp³-hybridized carbons (Fsp3) is 0.273. The number of methoxy groups -OCH3 is 1. The number of morpholine rings is 1. The number of carbonyl (C=O) groups is 1. The van der Waals surface area contributed by atoms with Crippen molar-refractivity contribution >= 4 is 16.7 Å². The molecule has 5 nitrogen and oxygen atoms in total. The Morgan fingerprint density at radius 1 is 1.22 bits per heavy atom. The smallest absolute Gasteiger partial charge is 0.227 e. The molecule has 1 fully saturated rings. The minimum absolute atomic E-state index is 0.108. The Kier molecular flexibility index (Phi) is 5.03. The van der Waals surface area contributed by atoms with Crippen molar-refractivity contribution in [3.05, 3.63) is 72.1 Å². The molecule has 1 aliphatic heterocycles. The van der Waals surface area contributed by atoms with E-state index in [4.69, 9.17) is 9.47 Å². The van der Waals surface area contributed by atoms with Crippen molar-refractivity contribution in [3.63, 3.8) is 0 Å². The number of hydrogen-bond acceptors (Lipinski definition) is 4. The van der Waals surface area contributed by atoms with Crippen molar-refractivity contribution in [2.45, 2.75) is 12.5 Å². The van der Waals surface area contributed by atoms with Crippen LogP contribution in [0.25, 0.3) is 10.8 Å². The van der Waals surface area contributed by atoms with Gasteiger partial charge in [-0.3, -0.25) is 9.78 Å². The Balaban J connectivity index is 1.49. The van der Waals surface area contributed by atoms with Crippen molar-refractivity contribution < 1.29 is 14.3 Å². The van der Waals surface area contributed by atoms with Gasteiger partial charge in [0.1, 0.15) is 11.9 Å². The van der Waals surface area contributed by atoms with Gasteiger partial charge in [-0.15, -0.1) is 0 Å². The average molecular weight is 362 g/mol. The molecular weight excluding hydrogens is 340 g/mol. The maximum atomic E-state index is 12.7. The molecule has 0 N–H and O–H groups in total. The van der Waals surface area contributed by atoms with Crippen molar-refractivity contribution in [1.82, 2.24) is 9.88 Å². The zero-order chi connectivity index (χ0) is 18.6. The average Bonchev–Trinajstić information content (AvgIpc) is 2.73. The van der Waals surface area contributed by atoms with Crippen molar-refractivity contribution in [2.75, 3.05) is 26.8 Å². The predicted molar refractivity (Wildman–Crippen MR) is 104 cm³/mol. The lowest BCUT2D eigenvalue weighted by molar-refractivity contribution is -0.138. The Bertz CT molecular complexity index is 943. The number of aromatic nitrogens is 1. The van der Waals surface area contributed by atoms with Gasteiger partial charge >= 0.3 is 0 Å².